The fourth-order valence-electron chi connectivity index (χ4n) is 12.3. The van der Waals surface area contributed by atoms with Gasteiger partial charge in [0.1, 0.15) is 0 Å². The highest BCUT2D eigenvalue weighted by molar-refractivity contribution is 6.02. The van der Waals surface area contributed by atoms with E-state index in [1.54, 1.807) is 0 Å². The Labute approximate surface area is 421 Å². The molecule has 2 aliphatic carbocycles. The van der Waals surface area contributed by atoms with Crippen LogP contribution < -0.4 is 4.90 Å². The molecule has 72 heavy (non-hydrogen) atoms. The monoisotopic (exact) mass is 913 g/mol. The standard InChI is InChI=1S/C71H47N/c1-3-20-48(21-4-1)58-29-9-10-33-65(58)70-59(50-22-5-2-6-23-50)35-19-36-60(70)52-26-17-27-54(46-52)72(53-42-40-51(41-43-53)57-34-18-25-49-24-7-8-28-56(49)57)55-44-45-64-63-32-13-16-39-68(63)71(69(64)47-55)66-37-14-11-30-61(66)62-31-12-15-38-67(62)71/h1-47H. The largest absolute Gasteiger partial charge is 0.310 e. The number of rotatable bonds is 8. The maximum atomic E-state index is 2.50. The van der Waals surface area contributed by atoms with Crippen LogP contribution in [0, 0.1) is 0 Å². The molecule has 0 aliphatic heterocycles. The summed E-state index contributed by atoms with van der Waals surface area (Å²) >= 11 is 0. The van der Waals surface area contributed by atoms with Gasteiger partial charge in [0.2, 0.25) is 0 Å². The van der Waals surface area contributed by atoms with E-state index in [9.17, 15) is 0 Å². The topological polar surface area (TPSA) is 3.24 Å². The number of nitrogens with zero attached hydrogens (tertiary/aromatic N) is 1. The fraction of sp³-hybridized carbons (Fsp3) is 0.0141. The van der Waals surface area contributed by atoms with Crippen LogP contribution in [-0.4, -0.2) is 0 Å². The van der Waals surface area contributed by atoms with Gasteiger partial charge >= 0.3 is 0 Å². The third kappa shape index (κ3) is 6.48. The predicted octanol–water partition coefficient (Wildman–Crippen LogP) is 19.0. The van der Waals surface area contributed by atoms with Gasteiger partial charge < -0.3 is 4.90 Å². The van der Waals surface area contributed by atoms with E-state index < -0.39 is 5.41 Å². The minimum Gasteiger partial charge on any atom is -0.310 e. The van der Waals surface area contributed by atoms with Crippen molar-refractivity contribution in [3.8, 4) is 77.9 Å². The highest BCUT2D eigenvalue weighted by Crippen LogP contribution is 2.63. The SMILES string of the molecule is c1ccc(-c2ccccc2-c2c(-c3ccccc3)cccc2-c2cccc(N(c3ccc(-c4cccc5ccccc45)cc3)c3ccc4c(c3)C3(c5ccccc5-c5ccccc53)c3ccccc3-4)c2)cc1. The summed E-state index contributed by atoms with van der Waals surface area (Å²) in [5, 5.41) is 2.49. The first-order valence-electron chi connectivity index (χ1n) is 25.0. The summed E-state index contributed by atoms with van der Waals surface area (Å²) in [5.74, 6) is 0. The second-order valence-electron chi connectivity index (χ2n) is 19.1. The Kier molecular flexibility index (Phi) is 9.82. The lowest BCUT2D eigenvalue weighted by Crippen LogP contribution is -2.26. The zero-order valence-corrected chi connectivity index (χ0v) is 39.6. The molecule has 2 aliphatic rings. The van der Waals surface area contributed by atoms with Crippen LogP contribution in [0.2, 0.25) is 0 Å². The Hall–Kier alpha value is -9.30. The Balaban J connectivity index is 0.992. The molecule has 0 aromatic heterocycles. The lowest BCUT2D eigenvalue weighted by atomic mass is 9.70. The van der Waals surface area contributed by atoms with Crippen LogP contribution in [0.4, 0.5) is 17.1 Å². The molecule has 336 valence electrons. The second kappa shape index (κ2) is 17.0. The Bertz CT molecular complexity index is 3970. The molecule has 1 heteroatoms. The average Bonchev–Trinajstić information content (AvgIpc) is 3.93. The van der Waals surface area contributed by atoms with Gasteiger partial charge in [0.05, 0.1) is 5.41 Å². The molecule has 1 nitrogen and oxygen atoms in total. The molecule has 0 N–H and O–H groups in total. The van der Waals surface area contributed by atoms with E-state index in [4.69, 9.17) is 0 Å². The molecule has 14 rings (SSSR count). The van der Waals surface area contributed by atoms with E-state index in [2.05, 4.69) is 290 Å². The van der Waals surface area contributed by atoms with Gasteiger partial charge in [-0.25, -0.2) is 0 Å². The fourth-order valence-corrected chi connectivity index (χ4v) is 12.3. The van der Waals surface area contributed by atoms with E-state index in [1.165, 1.54) is 105 Å². The summed E-state index contributed by atoms with van der Waals surface area (Å²) < 4.78 is 0. The van der Waals surface area contributed by atoms with Gasteiger partial charge in [-0.3, -0.25) is 0 Å². The third-order valence-corrected chi connectivity index (χ3v) is 15.3. The summed E-state index contributed by atoms with van der Waals surface area (Å²) in [7, 11) is 0. The molecule has 0 fully saturated rings. The summed E-state index contributed by atoms with van der Waals surface area (Å²) in [6.07, 6.45) is 0. The number of anilines is 3. The number of fused-ring (bicyclic) bond motifs is 11. The molecule has 0 radical (unpaired) electrons. The molecule has 0 saturated heterocycles. The van der Waals surface area contributed by atoms with E-state index in [-0.39, 0.29) is 0 Å². The van der Waals surface area contributed by atoms with Crippen LogP contribution >= 0.6 is 0 Å². The first kappa shape index (κ1) is 41.7. The molecule has 0 unspecified atom stereocenters. The van der Waals surface area contributed by atoms with E-state index in [0.29, 0.717) is 0 Å². The quantitative estimate of drug-likeness (QED) is 0.147. The van der Waals surface area contributed by atoms with Crippen LogP contribution in [0.15, 0.2) is 285 Å². The average molecular weight is 914 g/mol. The van der Waals surface area contributed by atoms with Crippen molar-refractivity contribution in [2.45, 2.75) is 5.41 Å². The highest BCUT2D eigenvalue weighted by Gasteiger charge is 2.51. The van der Waals surface area contributed by atoms with Crippen LogP contribution in [-0.2, 0) is 5.41 Å². The number of hydrogen-bond donors (Lipinski definition) is 0. The predicted molar refractivity (Wildman–Crippen MR) is 302 cm³/mol. The molecular formula is C71H47N. The molecule has 0 heterocycles. The van der Waals surface area contributed by atoms with Crippen molar-refractivity contribution in [3.05, 3.63) is 307 Å². The molecule has 1 spiro atoms. The molecule has 12 aromatic carbocycles. The van der Waals surface area contributed by atoms with Crippen LogP contribution in [0.3, 0.4) is 0 Å². The molecule has 0 bridgehead atoms. The van der Waals surface area contributed by atoms with Crippen molar-refractivity contribution >= 4 is 27.8 Å². The lowest BCUT2D eigenvalue weighted by molar-refractivity contribution is 0.793. The van der Waals surface area contributed by atoms with E-state index in [0.717, 1.165) is 22.6 Å². The molecular weight excluding hydrogens is 867 g/mol. The van der Waals surface area contributed by atoms with E-state index >= 15 is 0 Å². The summed E-state index contributed by atoms with van der Waals surface area (Å²) in [6.45, 7) is 0. The summed E-state index contributed by atoms with van der Waals surface area (Å²) in [4.78, 5) is 2.47. The van der Waals surface area contributed by atoms with Crippen molar-refractivity contribution in [3.63, 3.8) is 0 Å². The van der Waals surface area contributed by atoms with Gasteiger partial charge in [0, 0.05) is 17.1 Å². The minimum atomic E-state index is -0.472. The first-order valence-corrected chi connectivity index (χ1v) is 25.0. The maximum Gasteiger partial charge on any atom is 0.0726 e. The van der Waals surface area contributed by atoms with Crippen LogP contribution in [0.5, 0.6) is 0 Å². The van der Waals surface area contributed by atoms with Crippen molar-refractivity contribution in [1.29, 1.82) is 0 Å². The van der Waals surface area contributed by atoms with Crippen molar-refractivity contribution in [1.82, 2.24) is 0 Å². The van der Waals surface area contributed by atoms with E-state index in [1.807, 2.05) is 0 Å². The van der Waals surface area contributed by atoms with Crippen molar-refractivity contribution in [2.75, 3.05) is 4.90 Å². The summed E-state index contributed by atoms with van der Waals surface area (Å²) in [5.41, 5.74) is 25.2. The third-order valence-electron chi connectivity index (χ3n) is 15.3. The molecule has 0 amide bonds. The normalized spacial score (nSPS) is 12.6. The van der Waals surface area contributed by atoms with Gasteiger partial charge in [0.25, 0.3) is 0 Å². The zero-order chi connectivity index (χ0) is 47.6. The number of hydrogen-bond acceptors (Lipinski definition) is 1. The second-order valence-corrected chi connectivity index (χ2v) is 19.1. The maximum absolute atomic E-state index is 2.50. The molecule has 0 saturated carbocycles. The summed E-state index contributed by atoms with van der Waals surface area (Å²) in [6, 6.07) is 105. The Morgan fingerprint density at radius 3 is 1.31 bits per heavy atom. The Morgan fingerprint density at radius 1 is 0.222 bits per heavy atom. The number of benzene rings is 12. The first-order chi connectivity index (χ1) is 35.7. The van der Waals surface area contributed by atoms with Crippen LogP contribution in [0.1, 0.15) is 22.3 Å². The van der Waals surface area contributed by atoms with Gasteiger partial charge in [-0.2, -0.15) is 0 Å². The van der Waals surface area contributed by atoms with Crippen molar-refractivity contribution < 1.29 is 0 Å². The minimum absolute atomic E-state index is 0.472. The van der Waals surface area contributed by atoms with Gasteiger partial charge in [-0.05, 0) is 147 Å². The zero-order valence-electron chi connectivity index (χ0n) is 39.6. The highest BCUT2D eigenvalue weighted by atomic mass is 15.1. The molecule has 12 aromatic rings. The Morgan fingerprint density at radius 2 is 0.639 bits per heavy atom. The van der Waals surface area contributed by atoms with Gasteiger partial charge in [0.15, 0.2) is 0 Å². The smallest absolute Gasteiger partial charge is 0.0726 e. The lowest BCUT2D eigenvalue weighted by Gasteiger charge is -2.32. The molecule has 0 atom stereocenters. The van der Waals surface area contributed by atoms with Crippen LogP contribution in [0.25, 0.3) is 88.7 Å². The van der Waals surface area contributed by atoms with Gasteiger partial charge in [-0.15, -0.1) is 0 Å². The van der Waals surface area contributed by atoms with Crippen molar-refractivity contribution in [2.24, 2.45) is 0 Å². The van der Waals surface area contributed by atoms with Gasteiger partial charge in [-0.1, -0.05) is 249 Å².